The number of furan rings is 1. The largest absolute Gasteiger partial charge is 0.451 e. The van der Waals surface area contributed by atoms with E-state index in [1.807, 2.05) is 59.5 Å². The van der Waals surface area contributed by atoms with Gasteiger partial charge in [0.15, 0.2) is 10.9 Å². The van der Waals surface area contributed by atoms with Gasteiger partial charge in [-0.05, 0) is 78.5 Å². The molecule has 1 aromatic heterocycles. The molecule has 41 heavy (non-hydrogen) atoms. The van der Waals surface area contributed by atoms with Crippen LogP contribution in [0, 0.1) is 0 Å². The summed E-state index contributed by atoms with van der Waals surface area (Å²) in [5, 5.41) is 6.98. The Morgan fingerprint density at radius 3 is 2.29 bits per heavy atom. The Labute approximate surface area is 253 Å². The average molecular weight is 606 g/mol. The molecule has 2 N–H and O–H groups in total. The third-order valence-corrected chi connectivity index (χ3v) is 7.23. The Bertz CT molecular complexity index is 1580. The molecular weight excluding hydrogens is 579 g/mol. The highest BCUT2D eigenvalue weighted by atomic mass is 35.5. The molecule has 0 saturated carbocycles. The van der Waals surface area contributed by atoms with Gasteiger partial charge in [-0.3, -0.25) is 14.9 Å². The van der Waals surface area contributed by atoms with Gasteiger partial charge in [0, 0.05) is 47.9 Å². The highest BCUT2D eigenvalue weighted by molar-refractivity contribution is 7.80. The van der Waals surface area contributed by atoms with Crippen molar-refractivity contribution in [2.24, 2.45) is 0 Å². The third-order valence-electron chi connectivity index (χ3n) is 6.54. The first-order chi connectivity index (χ1) is 19.9. The summed E-state index contributed by atoms with van der Waals surface area (Å²) in [4.78, 5) is 29.5. The van der Waals surface area contributed by atoms with E-state index in [4.69, 9.17) is 39.8 Å². The van der Waals surface area contributed by atoms with Crippen LogP contribution in [0.25, 0.3) is 17.4 Å². The van der Waals surface area contributed by atoms with E-state index in [1.165, 1.54) is 0 Å². The van der Waals surface area contributed by atoms with Crippen LogP contribution in [0.1, 0.15) is 16.1 Å². The van der Waals surface area contributed by atoms with Crippen LogP contribution in [0.4, 0.5) is 11.4 Å². The molecule has 5 rings (SSSR count). The van der Waals surface area contributed by atoms with Crippen molar-refractivity contribution in [2.75, 3.05) is 36.4 Å². The van der Waals surface area contributed by atoms with Crippen molar-refractivity contribution in [3.8, 4) is 11.3 Å². The fourth-order valence-corrected chi connectivity index (χ4v) is 4.94. The van der Waals surface area contributed by atoms with E-state index in [0.717, 1.165) is 16.8 Å². The standard InChI is InChI=1S/C31H26Cl2N4O3S/c32-23-9-7-22(8-10-23)27-13-14-28(40-27)30(39)35-31(41)34-25-20-24(33)11-12-26(25)36-16-18-37(19-17-36)29(38)15-6-21-4-2-1-3-5-21/h1-15,20H,16-19H2,(H2,34,35,39,41)/b15-6+. The summed E-state index contributed by atoms with van der Waals surface area (Å²) < 4.78 is 5.72. The number of carbonyl (C=O) groups excluding carboxylic acids is 2. The van der Waals surface area contributed by atoms with E-state index < -0.39 is 5.91 Å². The van der Waals surface area contributed by atoms with Crippen LogP contribution in [0.5, 0.6) is 0 Å². The molecule has 4 aromatic rings. The van der Waals surface area contributed by atoms with Crippen LogP contribution in [0.15, 0.2) is 95.4 Å². The maximum atomic E-state index is 12.8. The minimum Gasteiger partial charge on any atom is -0.451 e. The molecule has 10 heteroatoms. The zero-order valence-corrected chi connectivity index (χ0v) is 24.2. The van der Waals surface area contributed by atoms with E-state index in [9.17, 15) is 9.59 Å². The Morgan fingerprint density at radius 1 is 0.854 bits per heavy atom. The molecule has 1 aliphatic heterocycles. The lowest BCUT2D eigenvalue weighted by Gasteiger charge is -2.36. The normalized spacial score (nSPS) is 13.3. The first-order valence-electron chi connectivity index (χ1n) is 12.9. The zero-order chi connectivity index (χ0) is 28.8. The van der Waals surface area contributed by atoms with Crippen LogP contribution < -0.4 is 15.5 Å². The summed E-state index contributed by atoms with van der Waals surface area (Å²) in [6.45, 7) is 2.38. The van der Waals surface area contributed by atoms with Gasteiger partial charge >= 0.3 is 0 Å². The Kier molecular flexibility index (Phi) is 9.04. The van der Waals surface area contributed by atoms with Crippen molar-refractivity contribution in [2.45, 2.75) is 0 Å². The SMILES string of the molecule is O=C(NC(=S)Nc1cc(Cl)ccc1N1CCN(C(=O)/C=C/c2ccccc2)CC1)c1ccc(-c2ccc(Cl)cc2)o1. The Hall–Kier alpha value is -4.11. The molecule has 1 saturated heterocycles. The third kappa shape index (κ3) is 7.35. The van der Waals surface area contributed by atoms with Crippen molar-refractivity contribution >= 4 is 69.8 Å². The number of anilines is 2. The Balaban J connectivity index is 1.19. The number of carbonyl (C=O) groups is 2. The number of amides is 2. The summed E-state index contributed by atoms with van der Waals surface area (Å²) in [5.41, 5.74) is 3.29. The molecule has 1 aliphatic rings. The van der Waals surface area contributed by atoms with E-state index in [2.05, 4.69) is 15.5 Å². The predicted octanol–water partition coefficient (Wildman–Crippen LogP) is 6.74. The smallest absolute Gasteiger partial charge is 0.293 e. The van der Waals surface area contributed by atoms with Crippen molar-refractivity contribution in [3.63, 3.8) is 0 Å². The molecule has 0 atom stereocenters. The number of benzene rings is 3. The summed E-state index contributed by atoms with van der Waals surface area (Å²) in [6, 6.07) is 25.6. The second-order valence-corrected chi connectivity index (χ2v) is 10.6. The van der Waals surface area contributed by atoms with Gasteiger partial charge in [0.05, 0.1) is 11.4 Å². The van der Waals surface area contributed by atoms with Crippen LogP contribution in [-0.2, 0) is 4.79 Å². The number of hydrogen-bond donors (Lipinski definition) is 2. The number of nitrogens with one attached hydrogen (secondary N) is 2. The summed E-state index contributed by atoms with van der Waals surface area (Å²) in [5.74, 6) is 0.148. The molecule has 0 unspecified atom stereocenters. The molecule has 2 amide bonds. The minimum atomic E-state index is -0.484. The van der Waals surface area contributed by atoms with Gasteiger partial charge in [0.1, 0.15) is 5.76 Å². The lowest BCUT2D eigenvalue weighted by molar-refractivity contribution is -0.126. The number of halogens is 2. The van der Waals surface area contributed by atoms with Gasteiger partial charge in [-0.25, -0.2) is 0 Å². The molecule has 2 heterocycles. The first-order valence-corrected chi connectivity index (χ1v) is 14.1. The summed E-state index contributed by atoms with van der Waals surface area (Å²) >= 11 is 17.7. The van der Waals surface area contributed by atoms with Gasteiger partial charge in [0.2, 0.25) is 5.91 Å². The van der Waals surface area contributed by atoms with Gasteiger partial charge in [-0.2, -0.15) is 0 Å². The maximum absolute atomic E-state index is 12.8. The van der Waals surface area contributed by atoms with E-state index in [0.29, 0.717) is 47.7 Å². The molecular formula is C31H26Cl2N4O3S. The van der Waals surface area contributed by atoms with Crippen LogP contribution in [-0.4, -0.2) is 48.0 Å². The fourth-order valence-electron chi connectivity index (χ4n) is 4.44. The zero-order valence-electron chi connectivity index (χ0n) is 21.8. The van der Waals surface area contributed by atoms with Crippen molar-refractivity contribution in [1.82, 2.24) is 10.2 Å². The van der Waals surface area contributed by atoms with E-state index in [1.54, 1.807) is 42.5 Å². The molecule has 0 bridgehead atoms. The number of hydrogen-bond acceptors (Lipinski definition) is 5. The number of rotatable bonds is 6. The molecule has 1 fully saturated rings. The Morgan fingerprint density at radius 2 is 1.56 bits per heavy atom. The maximum Gasteiger partial charge on any atom is 0.293 e. The second kappa shape index (κ2) is 13.0. The summed E-state index contributed by atoms with van der Waals surface area (Å²) in [6.07, 6.45) is 3.44. The topological polar surface area (TPSA) is 77.8 Å². The molecule has 0 radical (unpaired) electrons. The highest BCUT2D eigenvalue weighted by Crippen LogP contribution is 2.30. The summed E-state index contributed by atoms with van der Waals surface area (Å²) in [7, 11) is 0. The lowest BCUT2D eigenvalue weighted by Crippen LogP contribution is -2.48. The molecule has 0 aliphatic carbocycles. The number of nitrogens with zero attached hydrogens (tertiary/aromatic N) is 2. The number of thiocarbonyl (C=S) groups is 1. The van der Waals surface area contributed by atoms with E-state index >= 15 is 0 Å². The quantitative estimate of drug-likeness (QED) is 0.187. The van der Waals surface area contributed by atoms with Crippen LogP contribution >= 0.6 is 35.4 Å². The minimum absolute atomic E-state index is 0.0241. The predicted molar refractivity (Wildman–Crippen MR) is 169 cm³/mol. The van der Waals surface area contributed by atoms with Gasteiger partial charge in [0.25, 0.3) is 5.91 Å². The molecule has 0 spiro atoms. The molecule has 7 nitrogen and oxygen atoms in total. The van der Waals surface area contributed by atoms with Gasteiger partial charge in [-0.15, -0.1) is 0 Å². The van der Waals surface area contributed by atoms with Crippen molar-refractivity contribution in [3.05, 3.63) is 112 Å². The van der Waals surface area contributed by atoms with Crippen molar-refractivity contribution in [1.29, 1.82) is 0 Å². The lowest BCUT2D eigenvalue weighted by atomic mass is 10.2. The molecule has 3 aromatic carbocycles. The van der Waals surface area contributed by atoms with Gasteiger partial charge in [-0.1, -0.05) is 53.5 Å². The first kappa shape index (κ1) is 28.4. The monoisotopic (exact) mass is 604 g/mol. The average Bonchev–Trinajstić information content (AvgIpc) is 3.48. The van der Waals surface area contributed by atoms with Crippen LogP contribution in [0.3, 0.4) is 0 Å². The number of piperazine rings is 1. The fraction of sp³-hybridized carbons (Fsp3) is 0.129. The van der Waals surface area contributed by atoms with E-state index in [-0.39, 0.29) is 16.8 Å². The van der Waals surface area contributed by atoms with Gasteiger partial charge < -0.3 is 19.5 Å². The second-order valence-electron chi connectivity index (χ2n) is 9.30. The van der Waals surface area contributed by atoms with Crippen LogP contribution in [0.2, 0.25) is 10.0 Å². The van der Waals surface area contributed by atoms with Crippen molar-refractivity contribution < 1.29 is 14.0 Å². The molecule has 208 valence electrons. The highest BCUT2D eigenvalue weighted by Gasteiger charge is 2.22.